The SMILES string of the molecule is CC(C)OC(C(=O)c1ccccc1)c1ccccc1.O=c1c2ccccc2sc2ccc(Cl)cc12. The van der Waals surface area contributed by atoms with Crippen LogP contribution in [-0.2, 0) is 4.74 Å². The van der Waals surface area contributed by atoms with Crippen LogP contribution in [0.15, 0.2) is 108 Å². The van der Waals surface area contributed by atoms with Crippen molar-refractivity contribution in [3.63, 3.8) is 0 Å². The van der Waals surface area contributed by atoms with E-state index in [-0.39, 0.29) is 17.3 Å². The van der Waals surface area contributed by atoms with E-state index in [0.29, 0.717) is 16.0 Å². The molecule has 1 heterocycles. The lowest BCUT2D eigenvalue weighted by Crippen LogP contribution is -2.19. The van der Waals surface area contributed by atoms with Gasteiger partial charge in [-0.3, -0.25) is 9.59 Å². The van der Waals surface area contributed by atoms with E-state index in [1.807, 2.05) is 111 Å². The van der Waals surface area contributed by atoms with Crippen LogP contribution in [0.5, 0.6) is 0 Å². The number of halogens is 1. The molecule has 176 valence electrons. The molecule has 0 fully saturated rings. The molecule has 0 aliphatic heterocycles. The molecule has 0 amide bonds. The topological polar surface area (TPSA) is 43.4 Å². The van der Waals surface area contributed by atoms with Gasteiger partial charge in [0, 0.05) is 30.8 Å². The molecule has 0 saturated carbocycles. The fourth-order valence-electron chi connectivity index (χ4n) is 3.72. The number of rotatable bonds is 5. The Bertz CT molecular complexity index is 1490. The van der Waals surface area contributed by atoms with E-state index >= 15 is 0 Å². The van der Waals surface area contributed by atoms with Gasteiger partial charge in [-0.2, -0.15) is 0 Å². The molecule has 35 heavy (non-hydrogen) atoms. The molecule has 5 rings (SSSR count). The smallest absolute Gasteiger partial charge is 0.196 e. The van der Waals surface area contributed by atoms with Crippen molar-refractivity contribution in [3.8, 4) is 0 Å². The minimum absolute atomic E-state index is 0.000463. The zero-order valence-corrected chi connectivity index (χ0v) is 21.1. The van der Waals surface area contributed by atoms with Crippen molar-refractivity contribution in [3.05, 3.63) is 130 Å². The van der Waals surface area contributed by atoms with E-state index in [9.17, 15) is 9.59 Å². The quantitative estimate of drug-likeness (QED) is 0.181. The van der Waals surface area contributed by atoms with Crippen LogP contribution in [0.4, 0.5) is 0 Å². The first-order valence-electron chi connectivity index (χ1n) is 11.3. The molecular weight excluding hydrogens is 476 g/mol. The lowest BCUT2D eigenvalue weighted by molar-refractivity contribution is 0.0114. The highest BCUT2D eigenvalue weighted by Crippen LogP contribution is 2.26. The number of carbonyl (C=O) groups is 1. The van der Waals surface area contributed by atoms with Crippen LogP contribution in [0.25, 0.3) is 20.2 Å². The van der Waals surface area contributed by atoms with E-state index in [0.717, 1.165) is 20.3 Å². The maximum Gasteiger partial charge on any atom is 0.196 e. The van der Waals surface area contributed by atoms with Gasteiger partial charge in [-0.05, 0) is 49.7 Å². The number of benzene rings is 4. The Morgan fingerprint density at radius 3 is 2.06 bits per heavy atom. The monoisotopic (exact) mass is 500 g/mol. The third-order valence-corrected chi connectivity index (χ3v) is 6.73. The van der Waals surface area contributed by atoms with Crippen molar-refractivity contribution in [1.82, 2.24) is 0 Å². The number of carbonyl (C=O) groups excluding carboxylic acids is 1. The van der Waals surface area contributed by atoms with Crippen LogP contribution in [0.1, 0.15) is 35.9 Å². The molecule has 4 aromatic carbocycles. The Kier molecular flexibility index (Phi) is 8.09. The summed E-state index contributed by atoms with van der Waals surface area (Å²) < 4.78 is 7.80. The van der Waals surface area contributed by atoms with Crippen LogP contribution < -0.4 is 5.43 Å². The first kappa shape index (κ1) is 24.8. The van der Waals surface area contributed by atoms with Crippen molar-refractivity contribution >= 4 is 48.9 Å². The second-order valence-corrected chi connectivity index (χ2v) is 9.79. The summed E-state index contributed by atoms with van der Waals surface area (Å²) in [7, 11) is 0. The molecule has 0 aliphatic carbocycles. The molecule has 1 aromatic heterocycles. The Hall–Kier alpha value is -3.31. The molecular formula is C30H25ClO3S. The van der Waals surface area contributed by atoms with Crippen molar-refractivity contribution in [1.29, 1.82) is 0 Å². The molecule has 5 aromatic rings. The summed E-state index contributed by atoms with van der Waals surface area (Å²) in [4.78, 5) is 24.7. The predicted octanol–water partition coefficient (Wildman–Crippen LogP) is 8.10. The number of ketones is 1. The molecule has 0 N–H and O–H groups in total. The van der Waals surface area contributed by atoms with Gasteiger partial charge in [0.2, 0.25) is 0 Å². The van der Waals surface area contributed by atoms with Crippen LogP contribution in [0, 0.1) is 0 Å². The first-order chi connectivity index (χ1) is 16.9. The molecule has 1 unspecified atom stereocenters. The van der Waals surface area contributed by atoms with Crippen molar-refractivity contribution < 1.29 is 9.53 Å². The Morgan fingerprint density at radius 1 is 0.771 bits per heavy atom. The standard InChI is InChI=1S/C17H18O2.C13H7ClOS/c1-13(2)19-17(15-11-7-4-8-12-15)16(18)14-9-5-3-6-10-14;14-8-5-6-12-10(7-8)13(15)9-3-1-2-4-11(9)16-12/h3-13,17H,1-2H3;1-7H. The summed E-state index contributed by atoms with van der Waals surface area (Å²) in [5.41, 5.74) is 1.63. The second-order valence-electron chi connectivity index (χ2n) is 8.27. The molecule has 0 aliphatic rings. The Labute approximate surface area is 213 Å². The molecule has 0 radical (unpaired) electrons. The van der Waals surface area contributed by atoms with Crippen molar-refractivity contribution in [2.24, 2.45) is 0 Å². The summed E-state index contributed by atoms with van der Waals surface area (Å²) in [6.07, 6.45) is -0.540. The van der Waals surface area contributed by atoms with Crippen LogP contribution in [0.2, 0.25) is 5.02 Å². The third-order valence-electron chi connectivity index (χ3n) is 5.34. The van der Waals surface area contributed by atoms with Gasteiger partial charge >= 0.3 is 0 Å². The first-order valence-corrected chi connectivity index (χ1v) is 12.5. The van der Waals surface area contributed by atoms with Crippen LogP contribution in [-0.4, -0.2) is 11.9 Å². The van der Waals surface area contributed by atoms with Gasteiger partial charge < -0.3 is 4.74 Å². The number of hydrogen-bond donors (Lipinski definition) is 0. The maximum atomic E-state index is 12.6. The van der Waals surface area contributed by atoms with Crippen LogP contribution >= 0.6 is 22.9 Å². The van der Waals surface area contributed by atoms with E-state index < -0.39 is 6.10 Å². The van der Waals surface area contributed by atoms with Gasteiger partial charge in [0.05, 0.1) is 6.10 Å². The minimum atomic E-state index is -0.538. The van der Waals surface area contributed by atoms with Gasteiger partial charge in [0.15, 0.2) is 11.2 Å². The van der Waals surface area contributed by atoms with Gasteiger partial charge in [-0.15, -0.1) is 11.3 Å². The van der Waals surface area contributed by atoms with E-state index in [4.69, 9.17) is 16.3 Å². The average molecular weight is 501 g/mol. The molecule has 0 saturated heterocycles. The van der Waals surface area contributed by atoms with Gasteiger partial charge in [-0.1, -0.05) is 84.4 Å². The predicted molar refractivity (Wildman–Crippen MR) is 147 cm³/mol. The Morgan fingerprint density at radius 2 is 1.37 bits per heavy atom. The van der Waals surface area contributed by atoms with E-state index in [1.54, 1.807) is 17.4 Å². The lowest BCUT2D eigenvalue weighted by atomic mass is 9.99. The average Bonchev–Trinajstić information content (AvgIpc) is 2.89. The highest BCUT2D eigenvalue weighted by molar-refractivity contribution is 7.24. The molecule has 0 spiro atoms. The molecule has 3 nitrogen and oxygen atoms in total. The molecule has 0 bridgehead atoms. The zero-order valence-electron chi connectivity index (χ0n) is 19.5. The van der Waals surface area contributed by atoms with Gasteiger partial charge in [-0.25, -0.2) is 0 Å². The largest absolute Gasteiger partial charge is 0.363 e. The van der Waals surface area contributed by atoms with Gasteiger partial charge in [0.25, 0.3) is 0 Å². The number of Topliss-reactive ketones (excluding diaryl/α,β-unsaturated/α-hetero) is 1. The normalized spacial score (nSPS) is 11.8. The highest BCUT2D eigenvalue weighted by Gasteiger charge is 2.23. The fraction of sp³-hybridized carbons (Fsp3) is 0.133. The second kappa shape index (κ2) is 11.4. The highest BCUT2D eigenvalue weighted by atomic mass is 35.5. The lowest BCUT2D eigenvalue weighted by Gasteiger charge is -2.19. The molecule has 1 atom stereocenters. The van der Waals surface area contributed by atoms with E-state index in [1.165, 1.54) is 0 Å². The number of fused-ring (bicyclic) bond motifs is 2. The minimum Gasteiger partial charge on any atom is -0.363 e. The van der Waals surface area contributed by atoms with Crippen molar-refractivity contribution in [2.45, 2.75) is 26.1 Å². The van der Waals surface area contributed by atoms with Crippen molar-refractivity contribution in [2.75, 3.05) is 0 Å². The summed E-state index contributed by atoms with van der Waals surface area (Å²) in [5, 5.41) is 2.07. The summed E-state index contributed by atoms with van der Waals surface area (Å²) >= 11 is 7.52. The number of hydrogen-bond acceptors (Lipinski definition) is 4. The van der Waals surface area contributed by atoms with E-state index in [2.05, 4.69) is 0 Å². The molecule has 5 heteroatoms. The summed E-state index contributed by atoms with van der Waals surface area (Å²) in [5.74, 6) is 0.000463. The van der Waals surface area contributed by atoms with Gasteiger partial charge in [0.1, 0.15) is 6.10 Å². The Balaban J connectivity index is 0.000000167. The van der Waals surface area contributed by atoms with Crippen LogP contribution in [0.3, 0.4) is 0 Å². The zero-order chi connectivity index (χ0) is 24.8. The summed E-state index contributed by atoms with van der Waals surface area (Å²) in [6.45, 7) is 3.88. The third kappa shape index (κ3) is 6.04. The fourth-order valence-corrected chi connectivity index (χ4v) is 4.94. The number of ether oxygens (including phenoxy) is 1. The summed E-state index contributed by atoms with van der Waals surface area (Å²) in [6, 6.07) is 32.0. The maximum absolute atomic E-state index is 12.6.